The van der Waals surface area contributed by atoms with Gasteiger partial charge in [0.1, 0.15) is 5.82 Å². The maximum Gasteiger partial charge on any atom is 0.251 e. The van der Waals surface area contributed by atoms with Crippen LogP contribution in [-0.2, 0) is 12.0 Å². The summed E-state index contributed by atoms with van der Waals surface area (Å²) < 4.78 is 14.2. The van der Waals surface area contributed by atoms with Crippen molar-refractivity contribution in [1.82, 2.24) is 16.0 Å². The smallest absolute Gasteiger partial charge is 0.251 e. The zero-order valence-corrected chi connectivity index (χ0v) is 19.1. The van der Waals surface area contributed by atoms with E-state index in [1.54, 1.807) is 19.2 Å². The first kappa shape index (κ1) is 23.1. The van der Waals surface area contributed by atoms with Gasteiger partial charge < -0.3 is 16.0 Å². The average Bonchev–Trinajstić information content (AvgIpc) is 3.50. The van der Waals surface area contributed by atoms with Crippen LogP contribution in [0.2, 0.25) is 0 Å². The van der Waals surface area contributed by atoms with Crippen molar-refractivity contribution in [2.75, 3.05) is 20.1 Å². The van der Waals surface area contributed by atoms with Gasteiger partial charge in [0, 0.05) is 37.7 Å². The van der Waals surface area contributed by atoms with E-state index in [1.807, 2.05) is 37.3 Å². The lowest BCUT2D eigenvalue weighted by Gasteiger charge is -2.19. The Labute approximate surface area is 188 Å². The van der Waals surface area contributed by atoms with Crippen LogP contribution in [0.3, 0.4) is 0 Å². The van der Waals surface area contributed by atoms with E-state index in [0.717, 1.165) is 24.0 Å². The Bertz CT molecular complexity index is 867. The van der Waals surface area contributed by atoms with Gasteiger partial charge in [0.25, 0.3) is 5.91 Å². The minimum atomic E-state index is -0.152. The van der Waals surface area contributed by atoms with E-state index in [0.29, 0.717) is 31.2 Å². The molecule has 156 valence electrons. The molecule has 0 atom stereocenters. The van der Waals surface area contributed by atoms with Crippen LogP contribution in [0.25, 0.3) is 0 Å². The van der Waals surface area contributed by atoms with Crippen LogP contribution in [0, 0.1) is 5.82 Å². The molecule has 0 spiro atoms. The SMILES string of the molecule is CCNC(=O)c1cccc(CNC(=NC)NCC2(c3ccccc3F)CC2)c1.I. The lowest BCUT2D eigenvalue weighted by molar-refractivity contribution is 0.0955. The maximum atomic E-state index is 14.2. The van der Waals surface area contributed by atoms with E-state index in [9.17, 15) is 9.18 Å². The summed E-state index contributed by atoms with van der Waals surface area (Å²) in [7, 11) is 1.71. The summed E-state index contributed by atoms with van der Waals surface area (Å²) in [5, 5.41) is 9.39. The third-order valence-corrected chi connectivity index (χ3v) is 5.10. The third-order valence-electron chi connectivity index (χ3n) is 5.10. The highest BCUT2D eigenvalue weighted by Gasteiger charge is 2.45. The number of hydrogen-bond acceptors (Lipinski definition) is 2. The number of guanidine groups is 1. The molecule has 3 rings (SSSR count). The quantitative estimate of drug-likeness (QED) is 0.303. The second-order valence-corrected chi connectivity index (χ2v) is 7.10. The van der Waals surface area contributed by atoms with Gasteiger partial charge in [-0.2, -0.15) is 0 Å². The molecule has 0 aliphatic heterocycles. The van der Waals surface area contributed by atoms with Crippen molar-refractivity contribution in [1.29, 1.82) is 0 Å². The van der Waals surface area contributed by atoms with Crippen molar-refractivity contribution >= 4 is 35.8 Å². The number of hydrogen-bond donors (Lipinski definition) is 3. The number of carbonyl (C=O) groups excluding carboxylic acids is 1. The zero-order valence-electron chi connectivity index (χ0n) is 16.8. The standard InChI is InChI=1S/C22H27FN4O.HI/c1-3-25-20(28)17-8-6-7-16(13-17)14-26-21(24-2)27-15-22(11-12-22)18-9-4-5-10-19(18)23;/h4-10,13H,3,11-12,14-15H2,1-2H3,(H,25,28)(H2,24,26,27);1H. The number of nitrogens with one attached hydrogen (secondary N) is 3. The number of benzene rings is 2. The molecule has 2 aromatic carbocycles. The predicted molar refractivity (Wildman–Crippen MR) is 125 cm³/mol. The Balaban J connectivity index is 0.00000300. The molecule has 1 saturated carbocycles. The van der Waals surface area contributed by atoms with Crippen LogP contribution in [0.5, 0.6) is 0 Å². The minimum Gasteiger partial charge on any atom is -0.356 e. The van der Waals surface area contributed by atoms with Gasteiger partial charge in [0.05, 0.1) is 0 Å². The Kier molecular flexibility index (Phi) is 8.43. The molecule has 1 aliphatic rings. The van der Waals surface area contributed by atoms with Crippen LogP contribution in [0.4, 0.5) is 4.39 Å². The maximum absolute atomic E-state index is 14.2. The molecule has 0 heterocycles. The van der Waals surface area contributed by atoms with Crippen LogP contribution in [0.1, 0.15) is 41.3 Å². The van der Waals surface area contributed by atoms with Gasteiger partial charge in [0.15, 0.2) is 5.96 Å². The lowest BCUT2D eigenvalue weighted by Crippen LogP contribution is -2.41. The monoisotopic (exact) mass is 510 g/mol. The normalized spacial score (nSPS) is 14.5. The minimum absolute atomic E-state index is 0. The van der Waals surface area contributed by atoms with Gasteiger partial charge in [-0.1, -0.05) is 30.3 Å². The average molecular weight is 510 g/mol. The van der Waals surface area contributed by atoms with Crippen LogP contribution < -0.4 is 16.0 Å². The number of carbonyl (C=O) groups is 1. The molecule has 0 bridgehead atoms. The summed E-state index contributed by atoms with van der Waals surface area (Å²) in [5.41, 5.74) is 2.25. The molecule has 0 saturated heterocycles. The molecule has 0 aromatic heterocycles. The second-order valence-electron chi connectivity index (χ2n) is 7.10. The summed E-state index contributed by atoms with van der Waals surface area (Å²) in [6, 6.07) is 14.5. The highest BCUT2D eigenvalue weighted by molar-refractivity contribution is 14.0. The van der Waals surface area contributed by atoms with E-state index in [-0.39, 0.29) is 41.1 Å². The van der Waals surface area contributed by atoms with E-state index < -0.39 is 0 Å². The zero-order chi connectivity index (χ0) is 20.0. The lowest BCUT2D eigenvalue weighted by atomic mass is 9.95. The highest BCUT2D eigenvalue weighted by atomic mass is 127. The van der Waals surface area contributed by atoms with Crippen molar-refractivity contribution in [3.8, 4) is 0 Å². The van der Waals surface area contributed by atoms with Gasteiger partial charge in [0.2, 0.25) is 0 Å². The van der Waals surface area contributed by atoms with Crippen molar-refractivity contribution in [3.63, 3.8) is 0 Å². The number of halogens is 2. The fourth-order valence-corrected chi connectivity index (χ4v) is 3.33. The molecule has 5 nitrogen and oxygen atoms in total. The Hall–Kier alpha value is -2.16. The van der Waals surface area contributed by atoms with Crippen LogP contribution >= 0.6 is 24.0 Å². The van der Waals surface area contributed by atoms with Gasteiger partial charge >= 0.3 is 0 Å². The molecule has 2 aromatic rings. The molecule has 3 N–H and O–H groups in total. The largest absolute Gasteiger partial charge is 0.356 e. The summed E-state index contributed by atoms with van der Waals surface area (Å²) in [4.78, 5) is 16.2. The van der Waals surface area contributed by atoms with Crippen LogP contribution in [0.15, 0.2) is 53.5 Å². The van der Waals surface area contributed by atoms with E-state index in [4.69, 9.17) is 0 Å². The van der Waals surface area contributed by atoms with E-state index >= 15 is 0 Å². The summed E-state index contributed by atoms with van der Waals surface area (Å²) in [6.45, 7) is 3.67. The first-order valence-electron chi connectivity index (χ1n) is 9.64. The predicted octanol–water partition coefficient (Wildman–Crippen LogP) is 3.59. The van der Waals surface area contributed by atoms with Crippen molar-refractivity contribution in [2.24, 2.45) is 4.99 Å². The molecule has 29 heavy (non-hydrogen) atoms. The Morgan fingerprint density at radius 3 is 2.52 bits per heavy atom. The number of nitrogens with zero attached hydrogens (tertiary/aromatic N) is 1. The summed E-state index contributed by atoms with van der Waals surface area (Å²) >= 11 is 0. The topological polar surface area (TPSA) is 65.5 Å². The first-order chi connectivity index (χ1) is 13.6. The molecule has 1 aliphatic carbocycles. The number of aliphatic imine (C=N–C) groups is 1. The summed E-state index contributed by atoms with van der Waals surface area (Å²) in [5.74, 6) is 0.436. The molecule has 1 amide bonds. The highest BCUT2D eigenvalue weighted by Crippen LogP contribution is 2.48. The molecule has 0 radical (unpaired) electrons. The molecule has 1 fully saturated rings. The fraction of sp³-hybridized carbons (Fsp3) is 0.364. The van der Waals surface area contributed by atoms with Crippen molar-refractivity contribution in [3.05, 3.63) is 71.0 Å². The summed E-state index contributed by atoms with van der Waals surface area (Å²) in [6.07, 6.45) is 1.93. The van der Waals surface area contributed by atoms with Gasteiger partial charge in [-0.05, 0) is 49.1 Å². The Morgan fingerprint density at radius 1 is 1.10 bits per heavy atom. The fourth-order valence-electron chi connectivity index (χ4n) is 3.33. The van der Waals surface area contributed by atoms with E-state index in [2.05, 4.69) is 20.9 Å². The second kappa shape index (κ2) is 10.6. The van der Waals surface area contributed by atoms with Crippen molar-refractivity contribution in [2.45, 2.75) is 31.7 Å². The molecule has 0 unspecified atom stereocenters. The third kappa shape index (κ3) is 5.91. The molecule has 7 heteroatoms. The molecular weight excluding hydrogens is 482 g/mol. The Morgan fingerprint density at radius 2 is 1.86 bits per heavy atom. The van der Waals surface area contributed by atoms with Gasteiger partial charge in [-0.15, -0.1) is 24.0 Å². The first-order valence-corrected chi connectivity index (χ1v) is 9.64. The van der Waals surface area contributed by atoms with Gasteiger partial charge in [-0.25, -0.2) is 4.39 Å². The van der Waals surface area contributed by atoms with Crippen molar-refractivity contribution < 1.29 is 9.18 Å². The molecular formula is C22H28FIN4O. The number of amides is 1. The van der Waals surface area contributed by atoms with E-state index in [1.165, 1.54) is 6.07 Å². The number of rotatable bonds is 7. The van der Waals surface area contributed by atoms with Gasteiger partial charge in [-0.3, -0.25) is 9.79 Å². The van der Waals surface area contributed by atoms with Crippen LogP contribution in [-0.4, -0.2) is 32.0 Å².